The molecule has 1 fully saturated rings. The van der Waals surface area contributed by atoms with E-state index in [1.165, 1.54) is 6.07 Å². The van der Waals surface area contributed by atoms with Crippen LogP contribution in [0.4, 0.5) is 4.39 Å². The standard InChI is InChI=1S/C13H14ClFN2O/c1-2-3-13(7-17-8-13)18-12-5-10(14)11(15)4-9(12)6-16/h4-5,17H,2-3,7-8H2,1H3. The molecule has 0 unspecified atom stereocenters. The summed E-state index contributed by atoms with van der Waals surface area (Å²) in [6.07, 6.45) is 1.87. The zero-order valence-electron chi connectivity index (χ0n) is 10.1. The Kier molecular flexibility index (Phi) is 3.74. The summed E-state index contributed by atoms with van der Waals surface area (Å²) < 4.78 is 19.2. The summed E-state index contributed by atoms with van der Waals surface area (Å²) in [4.78, 5) is 0. The van der Waals surface area contributed by atoms with Gasteiger partial charge < -0.3 is 10.1 Å². The van der Waals surface area contributed by atoms with Crippen LogP contribution in [-0.2, 0) is 0 Å². The zero-order valence-corrected chi connectivity index (χ0v) is 10.9. The molecule has 0 amide bonds. The van der Waals surface area contributed by atoms with Crippen LogP contribution in [0.15, 0.2) is 12.1 Å². The minimum Gasteiger partial charge on any atom is -0.483 e. The van der Waals surface area contributed by atoms with E-state index in [2.05, 4.69) is 12.2 Å². The maximum Gasteiger partial charge on any atom is 0.143 e. The molecule has 1 aromatic rings. The molecule has 1 saturated heterocycles. The molecule has 0 aliphatic carbocycles. The lowest BCUT2D eigenvalue weighted by Crippen LogP contribution is -2.63. The van der Waals surface area contributed by atoms with Crippen molar-refractivity contribution in [1.29, 1.82) is 5.26 Å². The largest absolute Gasteiger partial charge is 0.483 e. The van der Waals surface area contributed by atoms with Crippen molar-refractivity contribution in [1.82, 2.24) is 5.32 Å². The van der Waals surface area contributed by atoms with Crippen LogP contribution in [0.5, 0.6) is 5.75 Å². The minimum absolute atomic E-state index is 0.0251. The summed E-state index contributed by atoms with van der Waals surface area (Å²) in [7, 11) is 0. The molecule has 5 heteroatoms. The molecule has 3 nitrogen and oxygen atoms in total. The van der Waals surface area contributed by atoms with E-state index in [0.717, 1.165) is 32.0 Å². The normalized spacial score (nSPS) is 16.8. The van der Waals surface area contributed by atoms with Gasteiger partial charge in [0.15, 0.2) is 0 Å². The van der Waals surface area contributed by atoms with E-state index in [9.17, 15) is 4.39 Å². The van der Waals surface area contributed by atoms with Gasteiger partial charge in [-0.3, -0.25) is 0 Å². The fourth-order valence-electron chi connectivity index (χ4n) is 2.09. The van der Waals surface area contributed by atoms with Gasteiger partial charge in [-0.25, -0.2) is 4.39 Å². The third-order valence-electron chi connectivity index (χ3n) is 3.07. The predicted octanol–water partition coefficient (Wildman–Crippen LogP) is 2.87. The quantitative estimate of drug-likeness (QED) is 0.913. The summed E-state index contributed by atoms with van der Waals surface area (Å²) in [6.45, 7) is 3.55. The van der Waals surface area contributed by atoms with Crippen LogP contribution in [0, 0.1) is 17.1 Å². The minimum atomic E-state index is -0.600. The number of benzene rings is 1. The van der Waals surface area contributed by atoms with E-state index in [0.29, 0.717) is 5.75 Å². The topological polar surface area (TPSA) is 45.0 Å². The monoisotopic (exact) mass is 268 g/mol. The van der Waals surface area contributed by atoms with Crippen LogP contribution in [0.1, 0.15) is 25.3 Å². The Balaban J connectivity index is 2.28. The predicted molar refractivity (Wildman–Crippen MR) is 67.3 cm³/mol. The van der Waals surface area contributed by atoms with Crippen LogP contribution >= 0.6 is 11.6 Å². The number of rotatable bonds is 4. The lowest BCUT2D eigenvalue weighted by molar-refractivity contribution is 0.00754. The molecule has 0 atom stereocenters. The first-order chi connectivity index (χ1) is 8.60. The lowest BCUT2D eigenvalue weighted by atomic mass is 9.91. The maximum atomic E-state index is 13.3. The Labute approximate surface area is 111 Å². The average Bonchev–Trinajstić information content (AvgIpc) is 2.30. The molecule has 1 aliphatic rings. The van der Waals surface area contributed by atoms with Gasteiger partial charge in [-0.05, 0) is 12.5 Å². The van der Waals surface area contributed by atoms with Crippen LogP contribution in [0.2, 0.25) is 5.02 Å². The number of nitrogens with one attached hydrogen (secondary N) is 1. The summed E-state index contributed by atoms with van der Waals surface area (Å²) in [5.41, 5.74) is -0.110. The van der Waals surface area contributed by atoms with Crippen molar-refractivity contribution in [2.75, 3.05) is 13.1 Å². The first-order valence-electron chi connectivity index (χ1n) is 5.89. The summed E-state index contributed by atoms with van der Waals surface area (Å²) in [6, 6.07) is 4.43. The highest BCUT2D eigenvalue weighted by Gasteiger charge is 2.39. The van der Waals surface area contributed by atoms with Gasteiger partial charge in [0.1, 0.15) is 23.2 Å². The second kappa shape index (κ2) is 5.13. The number of nitriles is 1. The van der Waals surface area contributed by atoms with E-state index in [1.807, 2.05) is 6.07 Å². The van der Waals surface area contributed by atoms with Crippen molar-refractivity contribution in [3.63, 3.8) is 0 Å². The van der Waals surface area contributed by atoms with Gasteiger partial charge in [0.2, 0.25) is 0 Å². The average molecular weight is 269 g/mol. The molecule has 0 bridgehead atoms. The van der Waals surface area contributed by atoms with Gasteiger partial charge in [-0.15, -0.1) is 0 Å². The molecule has 18 heavy (non-hydrogen) atoms. The van der Waals surface area contributed by atoms with Crippen LogP contribution in [0.25, 0.3) is 0 Å². The fourth-order valence-corrected chi connectivity index (χ4v) is 2.25. The first kappa shape index (κ1) is 13.1. The first-order valence-corrected chi connectivity index (χ1v) is 6.27. The number of hydrogen-bond donors (Lipinski definition) is 1. The summed E-state index contributed by atoms with van der Waals surface area (Å²) in [5.74, 6) is -0.240. The third-order valence-corrected chi connectivity index (χ3v) is 3.36. The van der Waals surface area contributed by atoms with Crippen molar-refractivity contribution >= 4 is 11.6 Å². The summed E-state index contributed by atoms with van der Waals surface area (Å²) in [5, 5.41) is 12.1. The molecule has 1 aliphatic heterocycles. The lowest BCUT2D eigenvalue weighted by Gasteiger charge is -2.42. The molecule has 1 N–H and O–H groups in total. The van der Waals surface area contributed by atoms with Gasteiger partial charge in [0.25, 0.3) is 0 Å². The highest BCUT2D eigenvalue weighted by Crippen LogP contribution is 2.32. The van der Waals surface area contributed by atoms with Crippen molar-refractivity contribution in [3.8, 4) is 11.8 Å². The zero-order chi connectivity index (χ0) is 13.2. The van der Waals surface area contributed by atoms with E-state index in [-0.39, 0.29) is 16.2 Å². The number of nitrogens with zero attached hydrogens (tertiary/aromatic N) is 1. The molecular weight excluding hydrogens is 255 g/mol. The van der Waals surface area contributed by atoms with Crippen LogP contribution < -0.4 is 10.1 Å². The van der Waals surface area contributed by atoms with Crippen molar-refractivity contribution in [2.24, 2.45) is 0 Å². The molecule has 96 valence electrons. The Morgan fingerprint density at radius 1 is 1.56 bits per heavy atom. The molecule has 1 aromatic carbocycles. The van der Waals surface area contributed by atoms with E-state index < -0.39 is 5.82 Å². The van der Waals surface area contributed by atoms with E-state index >= 15 is 0 Å². The molecule has 0 spiro atoms. The van der Waals surface area contributed by atoms with Crippen molar-refractivity contribution < 1.29 is 9.13 Å². The molecular formula is C13H14ClFN2O. The molecule has 1 heterocycles. The second-order valence-electron chi connectivity index (χ2n) is 4.51. The number of halogens is 2. The van der Waals surface area contributed by atoms with E-state index in [1.54, 1.807) is 0 Å². The van der Waals surface area contributed by atoms with Crippen molar-refractivity contribution in [3.05, 3.63) is 28.5 Å². The van der Waals surface area contributed by atoms with Gasteiger partial charge in [-0.1, -0.05) is 24.9 Å². The van der Waals surface area contributed by atoms with Gasteiger partial charge in [0.05, 0.1) is 10.6 Å². The van der Waals surface area contributed by atoms with Crippen molar-refractivity contribution in [2.45, 2.75) is 25.4 Å². The van der Waals surface area contributed by atoms with Crippen LogP contribution in [-0.4, -0.2) is 18.7 Å². The number of ether oxygens (including phenoxy) is 1. The Morgan fingerprint density at radius 3 is 2.78 bits per heavy atom. The number of hydrogen-bond acceptors (Lipinski definition) is 3. The van der Waals surface area contributed by atoms with Gasteiger partial charge in [-0.2, -0.15) is 5.26 Å². The van der Waals surface area contributed by atoms with Gasteiger partial charge >= 0.3 is 0 Å². The highest BCUT2D eigenvalue weighted by molar-refractivity contribution is 6.30. The molecule has 0 saturated carbocycles. The van der Waals surface area contributed by atoms with Gasteiger partial charge in [0, 0.05) is 19.2 Å². The highest BCUT2D eigenvalue weighted by atomic mass is 35.5. The SMILES string of the molecule is CCCC1(Oc2cc(Cl)c(F)cc2C#N)CNC1. The smallest absolute Gasteiger partial charge is 0.143 e. The fraction of sp³-hybridized carbons (Fsp3) is 0.462. The molecule has 0 radical (unpaired) electrons. The maximum absolute atomic E-state index is 13.3. The third kappa shape index (κ3) is 2.43. The Morgan fingerprint density at radius 2 is 2.28 bits per heavy atom. The summed E-state index contributed by atoms with van der Waals surface area (Å²) >= 11 is 5.73. The molecule has 2 rings (SSSR count). The van der Waals surface area contributed by atoms with Crippen LogP contribution in [0.3, 0.4) is 0 Å². The molecule has 0 aromatic heterocycles. The Hall–Kier alpha value is -1.31. The van der Waals surface area contributed by atoms with E-state index in [4.69, 9.17) is 21.6 Å². The second-order valence-corrected chi connectivity index (χ2v) is 4.92. The Bertz CT molecular complexity index is 494.